The topological polar surface area (TPSA) is 20.2 Å². The molecule has 2 heteroatoms. The second-order valence-corrected chi connectivity index (χ2v) is 5.44. The zero-order valence-electron chi connectivity index (χ0n) is 9.60. The summed E-state index contributed by atoms with van der Waals surface area (Å²) in [6.45, 7) is 0. The number of phenolic OH excluding ortho intramolecular Hbond substituents is 1. The van der Waals surface area contributed by atoms with E-state index in [2.05, 4.69) is 22.6 Å². The minimum Gasteiger partial charge on any atom is -0.507 e. The number of rotatable bonds is 1. The SMILES string of the molecule is Oc1c(-c2ccc(I)cc2)ccc2ccccc12. The van der Waals surface area contributed by atoms with Crippen molar-refractivity contribution in [2.75, 3.05) is 0 Å². The smallest absolute Gasteiger partial charge is 0.131 e. The van der Waals surface area contributed by atoms with Crippen LogP contribution in [-0.4, -0.2) is 5.11 Å². The molecule has 0 saturated heterocycles. The second kappa shape index (κ2) is 4.61. The van der Waals surface area contributed by atoms with Crippen molar-refractivity contribution < 1.29 is 5.11 Å². The summed E-state index contributed by atoms with van der Waals surface area (Å²) in [7, 11) is 0. The quantitative estimate of drug-likeness (QED) is 0.627. The molecule has 88 valence electrons. The summed E-state index contributed by atoms with van der Waals surface area (Å²) in [4.78, 5) is 0. The van der Waals surface area contributed by atoms with Gasteiger partial charge in [-0.3, -0.25) is 0 Å². The van der Waals surface area contributed by atoms with Gasteiger partial charge in [-0.1, -0.05) is 48.5 Å². The standard InChI is InChI=1S/C16H11IO/c17-13-8-5-12(6-9-13)15-10-7-11-3-1-2-4-14(11)16(15)18/h1-10,18H. The molecule has 18 heavy (non-hydrogen) atoms. The maximum Gasteiger partial charge on any atom is 0.131 e. The van der Waals surface area contributed by atoms with Gasteiger partial charge in [0.25, 0.3) is 0 Å². The summed E-state index contributed by atoms with van der Waals surface area (Å²) in [6, 6.07) is 20.0. The van der Waals surface area contributed by atoms with Crippen molar-refractivity contribution in [1.29, 1.82) is 0 Å². The maximum atomic E-state index is 10.4. The van der Waals surface area contributed by atoms with Crippen molar-refractivity contribution in [1.82, 2.24) is 0 Å². The van der Waals surface area contributed by atoms with Crippen LogP contribution < -0.4 is 0 Å². The summed E-state index contributed by atoms with van der Waals surface area (Å²) >= 11 is 2.28. The first-order chi connectivity index (χ1) is 8.75. The van der Waals surface area contributed by atoms with Crippen molar-refractivity contribution in [3.8, 4) is 16.9 Å². The molecule has 0 aliphatic rings. The Morgan fingerprint density at radius 3 is 2.28 bits per heavy atom. The van der Waals surface area contributed by atoms with Crippen molar-refractivity contribution in [2.24, 2.45) is 0 Å². The Bertz CT molecular complexity index is 702. The number of hydrogen-bond donors (Lipinski definition) is 1. The van der Waals surface area contributed by atoms with E-state index in [1.807, 2.05) is 60.7 Å². The summed E-state index contributed by atoms with van der Waals surface area (Å²) in [5.41, 5.74) is 1.92. The van der Waals surface area contributed by atoms with E-state index in [0.717, 1.165) is 21.9 Å². The summed E-state index contributed by atoms with van der Waals surface area (Å²) in [5.74, 6) is 0.356. The van der Waals surface area contributed by atoms with Crippen LogP contribution in [0.25, 0.3) is 21.9 Å². The minimum atomic E-state index is 0.356. The molecule has 3 aromatic carbocycles. The van der Waals surface area contributed by atoms with E-state index in [0.29, 0.717) is 5.75 Å². The lowest BCUT2D eigenvalue weighted by molar-refractivity contribution is 0.483. The second-order valence-electron chi connectivity index (χ2n) is 4.19. The molecule has 3 rings (SSSR count). The molecule has 0 aromatic heterocycles. The monoisotopic (exact) mass is 346 g/mol. The first-order valence-electron chi connectivity index (χ1n) is 5.72. The molecule has 0 radical (unpaired) electrons. The van der Waals surface area contributed by atoms with Gasteiger partial charge < -0.3 is 5.11 Å². The average Bonchev–Trinajstić information content (AvgIpc) is 2.41. The van der Waals surface area contributed by atoms with Crippen molar-refractivity contribution in [3.63, 3.8) is 0 Å². The highest BCUT2D eigenvalue weighted by Gasteiger charge is 2.07. The van der Waals surface area contributed by atoms with Gasteiger partial charge in [0, 0.05) is 14.5 Å². The molecule has 0 spiro atoms. The fourth-order valence-corrected chi connectivity index (χ4v) is 2.48. The lowest BCUT2D eigenvalue weighted by Crippen LogP contribution is -1.82. The number of aromatic hydroxyl groups is 1. The Morgan fingerprint density at radius 1 is 0.778 bits per heavy atom. The molecule has 0 fully saturated rings. The van der Waals surface area contributed by atoms with Crippen LogP contribution in [0.3, 0.4) is 0 Å². The highest BCUT2D eigenvalue weighted by Crippen LogP contribution is 2.35. The molecular formula is C16H11IO. The predicted molar refractivity (Wildman–Crippen MR) is 83.8 cm³/mol. The third-order valence-electron chi connectivity index (χ3n) is 3.06. The van der Waals surface area contributed by atoms with Crippen LogP contribution in [-0.2, 0) is 0 Å². The highest BCUT2D eigenvalue weighted by molar-refractivity contribution is 14.1. The molecule has 1 N–H and O–H groups in total. The molecule has 0 aliphatic carbocycles. The molecule has 0 saturated carbocycles. The van der Waals surface area contributed by atoms with Gasteiger partial charge in [0.15, 0.2) is 0 Å². The van der Waals surface area contributed by atoms with E-state index in [-0.39, 0.29) is 0 Å². The first kappa shape index (κ1) is 11.5. The number of benzene rings is 3. The van der Waals surface area contributed by atoms with Crippen LogP contribution in [0.5, 0.6) is 5.75 Å². The van der Waals surface area contributed by atoms with Gasteiger partial charge in [-0.05, 0) is 45.7 Å². The zero-order valence-corrected chi connectivity index (χ0v) is 11.8. The Kier molecular flexibility index (Phi) is 2.96. The van der Waals surface area contributed by atoms with Crippen molar-refractivity contribution in [3.05, 3.63) is 64.2 Å². The number of fused-ring (bicyclic) bond motifs is 1. The van der Waals surface area contributed by atoms with Gasteiger partial charge in [-0.25, -0.2) is 0 Å². The van der Waals surface area contributed by atoms with Gasteiger partial charge in [0.05, 0.1) is 0 Å². The van der Waals surface area contributed by atoms with E-state index in [9.17, 15) is 5.11 Å². The van der Waals surface area contributed by atoms with Crippen LogP contribution in [0.15, 0.2) is 60.7 Å². The lowest BCUT2D eigenvalue weighted by Gasteiger charge is -2.08. The summed E-state index contributed by atoms with van der Waals surface area (Å²) in [5, 5.41) is 12.3. The van der Waals surface area contributed by atoms with Crippen LogP contribution in [0, 0.1) is 3.57 Å². The van der Waals surface area contributed by atoms with Gasteiger partial charge in [0.2, 0.25) is 0 Å². The summed E-state index contributed by atoms with van der Waals surface area (Å²) in [6.07, 6.45) is 0. The van der Waals surface area contributed by atoms with Crippen molar-refractivity contribution >= 4 is 33.4 Å². The van der Waals surface area contributed by atoms with Crippen LogP contribution in [0.4, 0.5) is 0 Å². The Labute approximate surface area is 119 Å². The molecule has 0 aliphatic heterocycles. The number of hydrogen-bond acceptors (Lipinski definition) is 1. The van der Waals surface area contributed by atoms with Gasteiger partial charge in [-0.15, -0.1) is 0 Å². The molecule has 1 nitrogen and oxygen atoms in total. The minimum absolute atomic E-state index is 0.356. The first-order valence-corrected chi connectivity index (χ1v) is 6.80. The van der Waals surface area contributed by atoms with E-state index in [1.165, 1.54) is 3.57 Å². The largest absolute Gasteiger partial charge is 0.507 e. The third-order valence-corrected chi connectivity index (χ3v) is 3.77. The van der Waals surface area contributed by atoms with Gasteiger partial charge in [0.1, 0.15) is 5.75 Å². The molecule has 0 atom stereocenters. The van der Waals surface area contributed by atoms with Gasteiger partial charge in [-0.2, -0.15) is 0 Å². The molecule has 0 heterocycles. The van der Waals surface area contributed by atoms with E-state index in [1.54, 1.807) is 0 Å². The number of halogens is 1. The van der Waals surface area contributed by atoms with E-state index in [4.69, 9.17) is 0 Å². The predicted octanol–water partition coefficient (Wildman–Crippen LogP) is 4.82. The third kappa shape index (κ3) is 1.97. The van der Waals surface area contributed by atoms with Gasteiger partial charge >= 0.3 is 0 Å². The van der Waals surface area contributed by atoms with Crippen LogP contribution in [0.1, 0.15) is 0 Å². The van der Waals surface area contributed by atoms with Crippen LogP contribution in [0.2, 0.25) is 0 Å². The molecule has 3 aromatic rings. The average molecular weight is 346 g/mol. The van der Waals surface area contributed by atoms with Crippen LogP contribution >= 0.6 is 22.6 Å². The van der Waals surface area contributed by atoms with E-state index >= 15 is 0 Å². The molecule has 0 bridgehead atoms. The molecule has 0 unspecified atom stereocenters. The molecule has 0 amide bonds. The molecular weight excluding hydrogens is 335 g/mol. The van der Waals surface area contributed by atoms with E-state index < -0.39 is 0 Å². The Morgan fingerprint density at radius 2 is 1.50 bits per heavy atom. The zero-order chi connectivity index (χ0) is 12.5. The normalized spacial score (nSPS) is 10.7. The maximum absolute atomic E-state index is 10.4. The number of phenols is 1. The fraction of sp³-hybridized carbons (Fsp3) is 0. The van der Waals surface area contributed by atoms with Crippen molar-refractivity contribution in [2.45, 2.75) is 0 Å². The Balaban J connectivity index is 2.24. The lowest BCUT2D eigenvalue weighted by atomic mass is 10.00. The Hall–Kier alpha value is -1.55. The summed E-state index contributed by atoms with van der Waals surface area (Å²) < 4.78 is 1.19. The highest BCUT2D eigenvalue weighted by atomic mass is 127. The fourth-order valence-electron chi connectivity index (χ4n) is 2.12.